The lowest BCUT2D eigenvalue weighted by atomic mass is 10.0. The molecule has 3 nitrogen and oxygen atoms in total. The van der Waals surface area contributed by atoms with E-state index in [0.29, 0.717) is 22.4 Å². The highest BCUT2D eigenvalue weighted by molar-refractivity contribution is 9.10. The van der Waals surface area contributed by atoms with Crippen LogP contribution in [-0.2, 0) is 6.54 Å². The number of benzene rings is 3. The lowest BCUT2D eigenvalue weighted by Crippen LogP contribution is -2.11. The van der Waals surface area contributed by atoms with Crippen molar-refractivity contribution in [2.45, 2.75) is 6.54 Å². The van der Waals surface area contributed by atoms with E-state index < -0.39 is 0 Å². The van der Waals surface area contributed by atoms with Crippen LogP contribution in [-0.4, -0.2) is 5.91 Å². The Bertz CT molecular complexity index is 913. The molecule has 0 bridgehead atoms. The van der Waals surface area contributed by atoms with Gasteiger partial charge in [0.2, 0.25) is 0 Å². The van der Waals surface area contributed by atoms with Crippen LogP contribution >= 0.6 is 15.9 Å². The number of hydrogen-bond donors (Lipinski definition) is 2. The summed E-state index contributed by atoms with van der Waals surface area (Å²) in [6.45, 7) is 0.250. The van der Waals surface area contributed by atoms with Crippen molar-refractivity contribution in [2.75, 3.05) is 5.32 Å². The predicted octanol–water partition coefficient (Wildman–Crippen LogP) is 4.97. The van der Waals surface area contributed by atoms with E-state index in [1.165, 1.54) is 12.1 Å². The van der Waals surface area contributed by atoms with Crippen LogP contribution in [0.25, 0.3) is 11.1 Å². The molecule has 0 aliphatic carbocycles. The van der Waals surface area contributed by atoms with E-state index >= 15 is 0 Å². The molecule has 126 valence electrons. The zero-order valence-electron chi connectivity index (χ0n) is 13.3. The van der Waals surface area contributed by atoms with E-state index in [2.05, 4.69) is 21.2 Å². The fourth-order valence-electron chi connectivity index (χ4n) is 2.55. The van der Waals surface area contributed by atoms with Gasteiger partial charge in [-0.25, -0.2) is 4.39 Å². The number of carbonyl (C=O) groups excluding carboxylic acids is 1. The molecule has 0 aliphatic rings. The second kappa shape index (κ2) is 7.59. The molecule has 3 aromatic rings. The highest BCUT2D eigenvalue weighted by Crippen LogP contribution is 2.27. The maximum atomic E-state index is 13.8. The molecule has 25 heavy (non-hydrogen) atoms. The molecule has 0 aliphatic heterocycles. The molecular weight excluding hydrogens is 383 g/mol. The average Bonchev–Trinajstić information content (AvgIpc) is 2.61. The van der Waals surface area contributed by atoms with E-state index in [-0.39, 0.29) is 18.3 Å². The smallest absolute Gasteiger partial charge is 0.255 e. The predicted molar refractivity (Wildman–Crippen MR) is 102 cm³/mol. The Morgan fingerprint density at radius 1 is 1.00 bits per heavy atom. The highest BCUT2D eigenvalue weighted by Gasteiger charge is 2.11. The van der Waals surface area contributed by atoms with Crippen LogP contribution in [0.15, 0.2) is 71.2 Å². The molecule has 0 radical (unpaired) electrons. The molecule has 3 N–H and O–H groups in total. The van der Waals surface area contributed by atoms with Crippen LogP contribution in [0.1, 0.15) is 15.9 Å². The highest BCUT2D eigenvalue weighted by atomic mass is 79.9. The van der Waals surface area contributed by atoms with Crippen molar-refractivity contribution < 1.29 is 9.18 Å². The maximum absolute atomic E-state index is 13.8. The Kier molecular flexibility index (Phi) is 5.26. The summed E-state index contributed by atoms with van der Waals surface area (Å²) in [4.78, 5) is 12.5. The van der Waals surface area contributed by atoms with Crippen LogP contribution in [0.3, 0.4) is 0 Å². The van der Waals surface area contributed by atoms with Crippen LogP contribution in [0.2, 0.25) is 0 Å². The fraction of sp³-hybridized carbons (Fsp3) is 0.0500. The first kappa shape index (κ1) is 17.3. The number of hydrogen-bond acceptors (Lipinski definition) is 2. The summed E-state index contributed by atoms with van der Waals surface area (Å²) in [5, 5.41) is 2.84. The van der Waals surface area contributed by atoms with Crippen molar-refractivity contribution in [3.05, 3.63) is 88.1 Å². The third kappa shape index (κ3) is 4.32. The fourth-order valence-corrected chi connectivity index (χ4v) is 3.04. The molecule has 0 unspecified atom stereocenters. The van der Waals surface area contributed by atoms with E-state index in [9.17, 15) is 9.18 Å². The average molecular weight is 399 g/mol. The van der Waals surface area contributed by atoms with E-state index in [0.717, 1.165) is 10.0 Å². The van der Waals surface area contributed by atoms with Gasteiger partial charge in [0, 0.05) is 22.3 Å². The molecule has 0 saturated heterocycles. The van der Waals surface area contributed by atoms with Gasteiger partial charge in [0.05, 0.1) is 0 Å². The number of nitrogens with one attached hydrogen (secondary N) is 1. The number of amides is 1. The van der Waals surface area contributed by atoms with Gasteiger partial charge in [-0.15, -0.1) is 0 Å². The van der Waals surface area contributed by atoms with Gasteiger partial charge >= 0.3 is 0 Å². The maximum Gasteiger partial charge on any atom is 0.255 e. The Morgan fingerprint density at radius 3 is 2.44 bits per heavy atom. The van der Waals surface area contributed by atoms with Gasteiger partial charge in [0.25, 0.3) is 5.91 Å². The third-order valence-electron chi connectivity index (χ3n) is 3.72. The molecular formula is C20H16BrFN2O. The topological polar surface area (TPSA) is 55.1 Å². The van der Waals surface area contributed by atoms with Gasteiger partial charge in [0.15, 0.2) is 0 Å². The van der Waals surface area contributed by atoms with Crippen molar-refractivity contribution in [3.63, 3.8) is 0 Å². The molecule has 3 aromatic carbocycles. The number of halogens is 2. The van der Waals surface area contributed by atoms with E-state index in [1.54, 1.807) is 12.1 Å². The standard InChI is InChI=1S/C20H16BrFN2O/c21-17-9-15(14-6-13(12-23)7-18(22)11-14)8-16(10-17)20(25)24-19-4-2-1-3-5-19/h1-11H,12,23H2,(H,24,25). The zero-order chi connectivity index (χ0) is 17.8. The molecule has 0 heterocycles. The minimum absolute atomic E-state index is 0.232. The Balaban J connectivity index is 1.95. The second-order valence-electron chi connectivity index (χ2n) is 5.60. The minimum atomic E-state index is -0.354. The van der Waals surface area contributed by atoms with Crippen molar-refractivity contribution >= 4 is 27.5 Å². The van der Waals surface area contributed by atoms with Crippen molar-refractivity contribution in [1.29, 1.82) is 0 Å². The molecule has 0 spiro atoms. The molecule has 5 heteroatoms. The van der Waals surface area contributed by atoms with Crippen LogP contribution < -0.4 is 11.1 Å². The molecule has 3 rings (SSSR count). The number of anilines is 1. The SMILES string of the molecule is NCc1cc(F)cc(-c2cc(Br)cc(C(=O)Nc3ccccc3)c2)c1. The first-order valence-electron chi connectivity index (χ1n) is 7.72. The van der Waals surface area contributed by atoms with Crippen LogP contribution in [0.4, 0.5) is 10.1 Å². The molecule has 0 aromatic heterocycles. The first-order chi connectivity index (χ1) is 12.0. The van der Waals surface area contributed by atoms with E-state index in [1.807, 2.05) is 42.5 Å². The van der Waals surface area contributed by atoms with Crippen molar-refractivity contribution in [1.82, 2.24) is 0 Å². The zero-order valence-corrected chi connectivity index (χ0v) is 14.9. The first-order valence-corrected chi connectivity index (χ1v) is 8.51. The van der Waals surface area contributed by atoms with Crippen molar-refractivity contribution in [2.24, 2.45) is 5.73 Å². The summed E-state index contributed by atoms with van der Waals surface area (Å²) in [6, 6.07) is 19.2. The second-order valence-corrected chi connectivity index (χ2v) is 6.52. The number of nitrogens with two attached hydrogens (primary N) is 1. The quantitative estimate of drug-likeness (QED) is 0.651. The molecule has 0 fully saturated rings. The van der Waals surface area contributed by atoms with E-state index in [4.69, 9.17) is 5.73 Å². The summed E-state index contributed by atoms with van der Waals surface area (Å²) in [5.74, 6) is -0.586. The minimum Gasteiger partial charge on any atom is -0.326 e. The van der Waals surface area contributed by atoms with Crippen molar-refractivity contribution in [3.8, 4) is 11.1 Å². The van der Waals surface area contributed by atoms with Gasteiger partial charge in [-0.05, 0) is 65.2 Å². The Morgan fingerprint density at radius 2 is 1.72 bits per heavy atom. The number of rotatable bonds is 4. The van der Waals surface area contributed by atoms with Gasteiger partial charge in [-0.1, -0.05) is 34.1 Å². The summed E-state index contributed by atoms with van der Waals surface area (Å²) in [6.07, 6.45) is 0. The number of para-hydroxylation sites is 1. The van der Waals surface area contributed by atoms with Crippen LogP contribution in [0.5, 0.6) is 0 Å². The Labute approximate surface area is 153 Å². The molecule has 1 amide bonds. The summed E-state index contributed by atoms with van der Waals surface area (Å²) in [5.41, 5.74) is 8.92. The van der Waals surface area contributed by atoms with Gasteiger partial charge < -0.3 is 11.1 Å². The number of carbonyl (C=O) groups is 1. The lowest BCUT2D eigenvalue weighted by Gasteiger charge is -2.10. The van der Waals surface area contributed by atoms with Crippen LogP contribution in [0, 0.1) is 5.82 Å². The lowest BCUT2D eigenvalue weighted by molar-refractivity contribution is 0.102. The normalized spacial score (nSPS) is 10.5. The third-order valence-corrected chi connectivity index (χ3v) is 4.18. The summed E-state index contributed by atoms with van der Waals surface area (Å²) in [7, 11) is 0. The Hall–Kier alpha value is -2.50. The van der Waals surface area contributed by atoms with Gasteiger partial charge in [0.1, 0.15) is 5.82 Å². The van der Waals surface area contributed by atoms with Gasteiger partial charge in [-0.3, -0.25) is 4.79 Å². The largest absolute Gasteiger partial charge is 0.326 e. The molecule has 0 saturated carbocycles. The summed E-state index contributed by atoms with van der Waals surface area (Å²) < 4.78 is 14.5. The summed E-state index contributed by atoms with van der Waals surface area (Å²) >= 11 is 3.42. The molecule has 0 atom stereocenters. The monoisotopic (exact) mass is 398 g/mol. The van der Waals surface area contributed by atoms with Gasteiger partial charge in [-0.2, -0.15) is 0 Å².